The van der Waals surface area contributed by atoms with Crippen LogP contribution in [0.1, 0.15) is 41.0 Å². The van der Waals surface area contributed by atoms with Crippen molar-refractivity contribution in [3.05, 3.63) is 142 Å². The standard InChI is InChI=1S/C44H43N5O7S/c50-39-25-32(44(55)56)24-33-17-18-34(27-45-33)46-40(51)19-20-41(52)47-38(26-35-12-7-21-57-35)43(54)49-37(42(53)48-36(39)22-28-8-3-1-4-9-28)23-29-13-15-31(16-14-29)30-10-5-2-6-11-30/h1-18,21,27,32,36-38H,19-20,22-26H2,(H,46,51)(H,47,52)(H,48,53)(H,49,54)(H,55,56)/t32-,36-,37+,38-/m1/s1. The third kappa shape index (κ3) is 11.8. The van der Waals surface area contributed by atoms with Crippen LogP contribution in [-0.2, 0) is 54.5 Å². The smallest absolute Gasteiger partial charge is 0.307 e. The molecule has 292 valence electrons. The molecular formula is C44H43N5O7S. The molecule has 0 saturated carbocycles. The molecule has 4 atom stereocenters. The number of pyridine rings is 1. The predicted octanol–water partition coefficient (Wildman–Crippen LogP) is 4.93. The second-order valence-electron chi connectivity index (χ2n) is 14.0. The molecule has 0 radical (unpaired) electrons. The summed E-state index contributed by atoms with van der Waals surface area (Å²) in [4.78, 5) is 86.2. The van der Waals surface area contributed by atoms with E-state index in [0.29, 0.717) is 11.4 Å². The Morgan fingerprint density at radius 1 is 0.632 bits per heavy atom. The Labute approximate surface area is 334 Å². The van der Waals surface area contributed by atoms with Crippen molar-refractivity contribution in [3.8, 4) is 11.1 Å². The topological polar surface area (TPSA) is 184 Å². The second kappa shape index (κ2) is 19.4. The Morgan fingerprint density at radius 2 is 1.25 bits per heavy atom. The van der Waals surface area contributed by atoms with Crippen molar-refractivity contribution in [2.75, 3.05) is 5.32 Å². The Balaban J connectivity index is 1.34. The summed E-state index contributed by atoms with van der Waals surface area (Å²) in [5.41, 5.74) is 4.16. The van der Waals surface area contributed by atoms with E-state index in [-0.39, 0.29) is 38.5 Å². The number of aromatic nitrogens is 1. The molecule has 2 aromatic heterocycles. The molecule has 0 spiro atoms. The van der Waals surface area contributed by atoms with Crippen LogP contribution < -0.4 is 21.3 Å². The van der Waals surface area contributed by atoms with Crippen molar-refractivity contribution in [2.45, 2.75) is 63.1 Å². The fourth-order valence-corrected chi connectivity index (χ4v) is 7.36. The molecule has 0 aliphatic carbocycles. The maximum Gasteiger partial charge on any atom is 0.307 e. The number of hydrogen-bond acceptors (Lipinski definition) is 8. The van der Waals surface area contributed by atoms with E-state index in [1.54, 1.807) is 24.3 Å². The number of hydrogen-bond donors (Lipinski definition) is 5. The van der Waals surface area contributed by atoms with Crippen LogP contribution in [0.5, 0.6) is 0 Å². The van der Waals surface area contributed by atoms with Gasteiger partial charge in [0.1, 0.15) is 12.1 Å². The zero-order valence-electron chi connectivity index (χ0n) is 31.1. The van der Waals surface area contributed by atoms with E-state index in [9.17, 15) is 33.9 Å². The first-order chi connectivity index (χ1) is 27.6. The maximum absolute atomic E-state index is 14.4. The lowest BCUT2D eigenvalue weighted by Gasteiger charge is -2.26. The van der Waals surface area contributed by atoms with Crippen LogP contribution in [-0.4, -0.2) is 63.6 Å². The van der Waals surface area contributed by atoms with Gasteiger partial charge in [0.15, 0.2) is 5.78 Å². The number of ketones is 1. The number of anilines is 1. The van der Waals surface area contributed by atoms with Crippen LogP contribution in [0.4, 0.5) is 5.69 Å². The third-order valence-corrected chi connectivity index (χ3v) is 10.6. The molecular weight excluding hydrogens is 743 g/mol. The number of carboxylic acids is 1. The lowest BCUT2D eigenvalue weighted by molar-refractivity contribution is -0.144. The summed E-state index contributed by atoms with van der Waals surface area (Å²) in [6.45, 7) is 0. The van der Waals surface area contributed by atoms with Gasteiger partial charge in [0.25, 0.3) is 0 Å². The highest BCUT2D eigenvalue weighted by Gasteiger charge is 2.32. The number of thiophene rings is 1. The molecule has 5 N–H and O–H groups in total. The molecule has 7 rings (SSSR count). The quantitative estimate of drug-likeness (QED) is 0.137. The Morgan fingerprint density at radius 3 is 1.89 bits per heavy atom. The second-order valence-corrected chi connectivity index (χ2v) is 15.0. The Bertz CT molecular complexity index is 2160. The van der Waals surface area contributed by atoms with Crippen molar-refractivity contribution >= 4 is 52.4 Å². The van der Waals surface area contributed by atoms with E-state index < -0.39 is 65.8 Å². The average Bonchev–Trinajstić information content (AvgIpc) is 3.73. The SMILES string of the molecule is O=C1CCC(=O)N[C@H](Cc2cccs2)C(=O)N[C@@H](Cc2ccc(-c3ccccc3)cc2)C(=O)N[C@H](Cc2ccccc2)C(=O)C[C@H](C(=O)O)Cc2ccc(cn2)N1. The monoisotopic (exact) mass is 785 g/mol. The van der Waals surface area contributed by atoms with Crippen LogP contribution >= 0.6 is 11.3 Å². The van der Waals surface area contributed by atoms with E-state index in [1.165, 1.54) is 17.5 Å². The van der Waals surface area contributed by atoms with Crippen LogP contribution in [0, 0.1) is 5.92 Å². The fraction of sp³-hybridized carbons (Fsp3) is 0.250. The molecule has 2 aliphatic heterocycles. The third-order valence-electron chi connectivity index (χ3n) is 9.70. The van der Waals surface area contributed by atoms with Gasteiger partial charge in [0, 0.05) is 49.1 Å². The van der Waals surface area contributed by atoms with Crippen LogP contribution in [0.25, 0.3) is 11.1 Å². The van der Waals surface area contributed by atoms with Crippen molar-refractivity contribution in [1.29, 1.82) is 0 Å². The summed E-state index contributed by atoms with van der Waals surface area (Å²) >= 11 is 1.41. The first-order valence-corrected chi connectivity index (χ1v) is 19.6. The van der Waals surface area contributed by atoms with Crippen molar-refractivity contribution in [3.63, 3.8) is 0 Å². The molecule has 5 aromatic rings. The highest BCUT2D eigenvalue weighted by atomic mass is 32.1. The van der Waals surface area contributed by atoms with E-state index in [1.807, 2.05) is 90.3 Å². The number of fused-ring (bicyclic) bond motifs is 18. The molecule has 57 heavy (non-hydrogen) atoms. The number of benzene rings is 3. The van der Waals surface area contributed by atoms with E-state index >= 15 is 0 Å². The number of nitrogens with one attached hydrogen (secondary N) is 4. The average molecular weight is 786 g/mol. The molecule has 13 heteroatoms. The van der Waals surface area contributed by atoms with Gasteiger partial charge in [0.2, 0.25) is 23.6 Å². The number of carboxylic acid groups (broad SMARTS) is 1. The number of carbonyl (C=O) groups is 6. The molecule has 4 heterocycles. The van der Waals surface area contributed by atoms with Crippen molar-refractivity contribution < 1.29 is 33.9 Å². The van der Waals surface area contributed by atoms with Gasteiger partial charge < -0.3 is 26.4 Å². The van der Waals surface area contributed by atoms with Gasteiger partial charge in [-0.3, -0.25) is 33.8 Å². The predicted molar refractivity (Wildman–Crippen MR) is 216 cm³/mol. The highest BCUT2D eigenvalue weighted by molar-refractivity contribution is 7.09. The summed E-state index contributed by atoms with van der Waals surface area (Å²) in [6, 6.07) is 29.8. The zero-order chi connectivity index (χ0) is 40.1. The number of nitrogens with zero attached hydrogens (tertiary/aromatic N) is 1. The van der Waals surface area contributed by atoms with Crippen LogP contribution in [0.15, 0.2) is 121 Å². The molecule has 0 saturated heterocycles. The van der Waals surface area contributed by atoms with E-state index in [4.69, 9.17) is 0 Å². The largest absolute Gasteiger partial charge is 0.481 e. The molecule has 0 fully saturated rings. The Hall–Kier alpha value is -6.47. The minimum atomic E-state index is -1.20. The molecule has 2 bridgehead atoms. The molecule has 0 unspecified atom stereocenters. The first-order valence-electron chi connectivity index (χ1n) is 18.7. The molecule has 12 nitrogen and oxygen atoms in total. The molecule has 2 aliphatic rings. The van der Waals surface area contributed by atoms with Crippen molar-refractivity contribution in [2.24, 2.45) is 5.92 Å². The Kier molecular flexibility index (Phi) is 13.7. The number of carbonyl (C=O) groups excluding carboxylic acids is 5. The minimum Gasteiger partial charge on any atom is -0.481 e. The van der Waals surface area contributed by atoms with Gasteiger partial charge in [-0.1, -0.05) is 91.0 Å². The summed E-state index contributed by atoms with van der Waals surface area (Å²) in [5, 5.41) is 23.2. The van der Waals surface area contributed by atoms with Crippen molar-refractivity contribution in [1.82, 2.24) is 20.9 Å². The summed E-state index contributed by atoms with van der Waals surface area (Å²) in [6.07, 6.45) is 0.748. The number of amides is 4. The summed E-state index contributed by atoms with van der Waals surface area (Å²) in [7, 11) is 0. The van der Waals surface area contributed by atoms with E-state index in [0.717, 1.165) is 27.1 Å². The molecule has 3 aromatic carbocycles. The lowest BCUT2D eigenvalue weighted by atomic mass is 9.91. The van der Waals surface area contributed by atoms with Gasteiger partial charge in [-0.2, -0.15) is 0 Å². The van der Waals surface area contributed by atoms with Gasteiger partial charge in [-0.25, -0.2) is 0 Å². The van der Waals surface area contributed by atoms with Crippen LogP contribution in [0.2, 0.25) is 0 Å². The number of aliphatic carboxylic acids is 1. The number of Topliss-reactive ketones (excluding diaryl/α,β-unsaturated/α-hetero) is 1. The summed E-state index contributed by atoms with van der Waals surface area (Å²) < 4.78 is 0. The fourth-order valence-electron chi connectivity index (χ4n) is 6.61. The zero-order valence-corrected chi connectivity index (χ0v) is 31.9. The van der Waals surface area contributed by atoms with Gasteiger partial charge in [-0.15, -0.1) is 11.3 Å². The minimum absolute atomic E-state index is 0.0397. The van der Waals surface area contributed by atoms with Gasteiger partial charge >= 0.3 is 5.97 Å². The highest BCUT2D eigenvalue weighted by Crippen LogP contribution is 2.21. The number of rotatable bonds is 8. The molecule has 4 amide bonds. The van der Waals surface area contributed by atoms with E-state index in [2.05, 4.69) is 26.3 Å². The van der Waals surface area contributed by atoms with Gasteiger partial charge in [-0.05, 0) is 52.3 Å². The van der Waals surface area contributed by atoms with Crippen LogP contribution in [0.3, 0.4) is 0 Å². The lowest BCUT2D eigenvalue weighted by Crippen LogP contribution is -2.57. The first kappa shape index (κ1) is 40.2. The normalized spacial score (nSPS) is 20.0. The van der Waals surface area contributed by atoms with Gasteiger partial charge in [0.05, 0.1) is 23.8 Å². The maximum atomic E-state index is 14.4. The summed E-state index contributed by atoms with van der Waals surface area (Å²) in [5.74, 6) is -5.15.